The number of nitrogens with one attached hydrogen (secondary N) is 1. The van der Waals surface area contributed by atoms with Gasteiger partial charge >= 0.3 is 23.9 Å². The third kappa shape index (κ3) is 7.57. The molecule has 1 saturated heterocycles. The van der Waals surface area contributed by atoms with Crippen LogP contribution in [-0.4, -0.2) is 86.1 Å². The summed E-state index contributed by atoms with van der Waals surface area (Å²) in [6, 6.07) is 2.07. The van der Waals surface area contributed by atoms with Crippen LogP contribution in [0, 0.1) is 5.92 Å². The number of amides is 2. The fraction of sp³-hybridized carbons (Fsp3) is 0.478. The van der Waals surface area contributed by atoms with Crippen LogP contribution in [0.15, 0.2) is 29.0 Å². The van der Waals surface area contributed by atoms with Crippen molar-refractivity contribution >= 4 is 92.6 Å². The molecule has 1 aromatic heterocycles. The number of ether oxygens (including phenoxy) is 4. The van der Waals surface area contributed by atoms with Crippen molar-refractivity contribution in [2.24, 2.45) is 5.92 Å². The van der Waals surface area contributed by atoms with Gasteiger partial charge in [-0.15, -0.1) is 11.3 Å². The van der Waals surface area contributed by atoms with Crippen LogP contribution in [0.4, 0.5) is 0 Å². The molecule has 2 aliphatic rings. The van der Waals surface area contributed by atoms with E-state index in [0.717, 1.165) is 26.0 Å². The molecule has 0 aromatic carbocycles. The summed E-state index contributed by atoms with van der Waals surface area (Å²) in [5.41, 5.74) is -0.675. The SMILES string of the molecule is COC(=O)C(CC1C(OC(C)=O)=C(C(=O)OCC(Cl)(Cl)Cl)N2C(=O)C(NC(=O)Cc3cccs3)[C@@H]2S1=O)C(=O)OC. The number of hydrogen-bond donors (Lipinski definition) is 1. The van der Waals surface area contributed by atoms with E-state index in [1.807, 2.05) is 0 Å². The number of hydrogen-bond acceptors (Lipinski definition) is 12. The number of β-lactam (4-membered cyclic amide) rings is 1. The number of methoxy groups -OCH3 is 2. The van der Waals surface area contributed by atoms with Crippen molar-refractivity contribution in [3.8, 4) is 0 Å². The van der Waals surface area contributed by atoms with E-state index in [0.29, 0.717) is 4.88 Å². The van der Waals surface area contributed by atoms with E-state index in [2.05, 4.69) is 14.8 Å². The minimum Gasteiger partial charge on any atom is -0.468 e. The third-order valence-electron chi connectivity index (χ3n) is 5.79. The Morgan fingerprint density at radius 3 is 2.29 bits per heavy atom. The van der Waals surface area contributed by atoms with Gasteiger partial charge in [-0.2, -0.15) is 0 Å². The molecule has 0 bridgehead atoms. The van der Waals surface area contributed by atoms with Crippen molar-refractivity contribution in [2.45, 2.75) is 40.2 Å². The molecule has 3 heterocycles. The molecule has 1 N–H and O–H groups in total. The minimum absolute atomic E-state index is 0.0797. The Labute approximate surface area is 254 Å². The maximum absolute atomic E-state index is 13.9. The highest BCUT2D eigenvalue weighted by atomic mass is 35.6. The van der Waals surface area contributed by atoms with E-state index in [4.69, 9.17) is 44.3 Å². The second-order valence-electron chi connectivity index (χ2n) is 8.55. The number of nitrogens with zero attached hydrogens (tertiary/aromatic N) is 1. The molecule has 0 radical (unpaired) electrons. The molecule has 18 heteroatoms. The van der Waals surface area contributed by atoms with Crippen LogP contribution < -0.4 is 5.32 Å². The maximum atomic E-state index is 13.9. The fourth-order valence-corrected chi connectivity index (χ4v) is 6.91. The first-order chi connectivity index (χ1) is 19.2. The Bertz CT molecular complexity index is 1280. The Morgan fingerprint density at radius 2 is 1.78 bits per heavy atom. The molecule has 0 spiro atoms. The molecule has 13 nitrogen and oxygen atoms in total. The molecule has 0 saturated carbocycles. The molecule has 3 rings (SSSR count). The number of carbonyl (C=O) groups is 6. The summed E-state index contributed by atoms with van der Waals surface area (Å²) in [5.74, 6) is -8.17. The molecule has 224 valence electrons. The Balaban J connectivity index is 2.07. The zero-order chi connectivity index (χ0) is 30.6. The first-order valence-electron chi connectivity index (χ1n) is 11.6. The lowest BCUT2D eigenvalue weighted by Crippen LogP contribution is -2.74. The van der Waals surface area contributed by atoms with Gasteiger partial charge < -0.3 is 24.3 Å². The smallest absolute Gasteiger partial charge is 0.358 e. The van der Waals surface area contributed by atoms with Crippen LogP contribution in [0.1, 0.15) is 18.2 Å². The van der Waals surface area contributed by atoms with Gasteiger partial charge in [0, 0.05) is 11.8 Å². The quantitative estimate of drug-likeness (QED) is 0.124. The van der Waals surface area contributed by atoms with Gasteiger partial charge in [0.25, 0.3) is 5.91 Å². The molecule has 2 aliphatic heterocycles. The predicted octanol–water partition coefficient (Wildman–Crippen LogP) is 1.11. The van der Waals surface area contributed by atoms with Gasteiger partial charge in [0.2, 0.25) is 9.70 Å². The maximum Gasteiger partial charge on any atom is 0.358 e. The standard InChI is InChI=1S/C23H23Cl3N2O11S2/c1-10(29)39-17-13(8-12(20(32)36-2)21(33)37-3)41(35)19-15(27-14(30)7-11-5-4-6-40-11)18(31)28(19)16(17)22(34)38-9-23(24,25)26/h4-6,12-13,15,19H,7-9H2,1-3H3,(H,27,30)/t13?,15?,19-,41?/m0/s1. The highest BCUT2D eigenvalue weighted by Gasteiger charge is 2.61. The topological polar surface area (TPSA) is 172 Å². The van der Waals surface area contributed by atoms with E-state index in [1.165, 1.54) is 11.3 Å². The Hall–Kier alpha value is -2.72. The number of thiophene rings is 1. The van der Waals surface area contributed by atoms with E-state index >= 15 is 0 Å². The predicted molar refractivity (Wildman–Crippen MR) is 145 cm³/mol. The summed E-state index contributed by atoms with van der Waals surface area (Å²) in [5, 5.41) is 1.34. The molecule has 1 fully saturated rings. The van der Waals surface area contributed by atoms with Gasteiger partial charge in [-0.3, -0.25) is 33.1 Å². The largest absolute Gasteiger partial charge is 0.468 e. The average molecular weight is 674 g/mol. The number of esters is 4. The van der Waals surface area contributed by atoms with E-state index in [9.17, 15) is 33.0 Å². The summed E-state index contributed by atoms with van der Waals surface area (Å²) < 4.78 is 31.4. The highest BCUT2D eigenvalue weighted by Crippen LogP contribution is 2.41. The van der Waals surface area contributed by atoms with Crippen molar-refractivity contribution in [1.82, 2.24) is 10.2 Å². The van der Waals surface area contributed by atoms with Gasteiger partial charge in [0.15, 0.2) is 17.4 Å². The van der Waals surface area contributed by atoms with Gasteiger partial charge in [-0.05, 0) is 17.9 Å². The molecule has 2 amide bonds. The summed E-state index contributed by atoms with van der Waals surface area (Å²) >= 11 is 18.3. The summed E-state index contributed by atoms with van der Waals surface area (Å²) in [6.45, 7) is 0.175. The molecular formula is C23H23Cl3N2O11S2. The van der Waals surface area contributed by atoms with Crippen molar-refractivity contribution in [3.05, 3.63) is 33.8 Å². The van der Waals surface area contributed by atoms with Crippen LogP contribution >= 0.6 is 46.1 Å². The van der Waals surface area contributed by atoms with E-state index in [-0.39, 0.29) is 6.42 Å². The first kappa shape index (κ1) is 32.8. The molecule has 4 atom stereocenters. The molecule has 0 aliphatic carbocycles. The lowest BCUT2D eigenvalue weighted by molar-refractivity contribution is -0.159. The van der Waals surface area contributed by atoms with Crippen molar-refractivity contribution in [1.29, 1.82) is 0 Å². The number of fused-ring (bicyclic) bond motifs is 1. The number of rotatable bonds is 10. The van der Waals surface area contributed by atoms with Gasteiger partial charge in [-0.25, -0.2) is 4.79 Å². The monoisotopic (exact) mass is 672 g/mol. The lowest BCUT2D eigenvalue weighted by atomic mass is 9.98. The third-order valence-corrected chi connectivity index (χ3v) is 8.92. The Morgan fingerprint density at radius 1 is 1.15 bits per heavy atom. The minimum atomic E-state index is -2.28. The van der Waals surface area contributed by atoms with Crippen LogP contribution in [0.25, 0.3) is 0 Å². The second-order valence-corrected chi connectivity index (χ2v) is 13.8. The van der Waals surface area contributed by atoms with Crippen LogP contribution in [-0.2, 0) is 64.9 Å². The lowest BCUT2D eigenvalue weighted by Gasteiger charge is -2.50. The number of alkyl halides is 3. The van der Waals surface area contributed by atoms with Crippen LogP contribution in [0.5, 0.6) is 0 Å². The van der Waals surface area contributed by atoms with E-state index < -0.39 is 97.4 Å². The second kappa shape index (κ2) is 13.5. The zero-order valence-electron chi connectivity index (χ0n) is 21.6. The van der Waals surface area contributed by atoms with Crippen LogP contribution in [0.3, 0.4) is 0 Å². The first-order valence-corrected chi connectivity index (χ1v) is 14.8. The fourth-order valence-electron chi connectivity index (χ4n) is 4.09. The molecule has 1 aromatic rings. The zero-order valence-corrected chi connectivity index (χ0v) is 25.5. The number of carbonyl (C=O) groups excluding carboxylic acids is 6. The molecular weight excluding hydrogens is 651 g/mol. The van der Waals surface area contributed by atoms with E-state index in [1.54, 1.807) is 17.5 Å². The molecule has 3 unspecified atom stereocenters. The van der Waals surface area contributed by atoms with Crippen molar-refractivity contribution in [3.63, 3.8) is 0 Å². The summed E-state index contributed by atoms with van der Waals surface area (Å²) in [4.78, 5) is 77.5. The van der Waals surface area contributed by atoms with Crippen LogP contribution in [0.2, 0.25) is 0 Å². The average Bonchev–Trinajstić information content (AvgIpc) is 3.41. The molecule has 41 heavy (non-hydrogen) atoms. The normalized spacial score (nSPS) is 21.9. The highest BCUT2D eigenvalue weighted by molar-refractivity contribution is 7.86. The van der Waals surface area contributed by atoms with Crippen molar-refractivity contribution < 1.29 is 51.9 Å². The summed E-state index contributed by atoms with van der Waals surface area (Å²) in [7, 11) is -0.270. The van der Waals surface area contributed by atoms with Gasteiger partial charge in [0.1, 0.15) is 18.0 Å². The van der Waals surface area contributed by atoms with Gasteiger partial charge in [0.05, 0.1) is 36.7 Å². The van der Waals surface area contributed by atoms with Gasteiger partial charge in [-0.1, -0.05) is 40.9 Å². The Kier molecular flexibility index (Phi) is 10.8. The summed E-state index contributed by atoms with van der Waals surface area (Å²) in [6.07, 6.45) is -0.714. The van der Waals surface area contributed by atoms with Crippen molar-refractivity contribution in [2.75, 3.05) is 20.8 Å². The number of halogens is 3.